The number of rotatable bonds is 24. The van der Waals surface area contributed by atoms with Crippen LogP contribution in [0.2, 0.25) is 0 Å². The fourth-order valence-electron chi connectivity index (χ4n) is 13.5. The van der Waals surface area contributed by atoms with E-state index in [1.807, 2.05) is 136 Å². The van der Waals surface area contributed by atoms with E-state index < -0.39 is 97.7 Å². The number of nitro groups is 3. The van der Waals surface area contributed by atoms with Crippen LogP contribution < -0.4 is 28.3 Å². The lowest BCUT2D eigenvalue weighted by Crippen LogP contribution is -2.15. The highest BCUT2D eigenvalue weighted by atomic mass is 32.2. The Hall–Kier alpha value is -16.7. The zero-order valence-electron chi connectivity index (χ0n) is 77.5. The topological polar surface area (TPSA) is 528 Å². The molecular weight excluding hydrogens is 1950 g/mol. The number of phenolic OH excluding ortho intramolecular Hbond substituents is 6. The van der Waals surface area contributed by atoms with Gasteiger partial charge >= 0.3 is 5.69 Å². The summed E-state index contributed by atoms with van der Waals surface area (Å²) in [5.41, 5.74) is 8.03. The molecule has 0 bridgehead atoms. The fourth-order valence-corrected chi connectivity index (χ4v) is 20.0. The largest absolute Gasteiger partial charge is 0.508 e. The molecule has 738 valence electrons. The summed E-state index contributed by atoms with van der Waals surface area (Å²) in [5, 5.41) is 91.0. The summed E-state index contributed by atoms with van der Waals surface area (Å²) >= 11 is 0. The predicted octanol–water partition coefficient (Wildman–Crippen LogP) is 22.2. The van der Waals surface area contributed by atoms with Gasteiger partial charge in [-0.1, -0.05) is 230 Å². The second-order valence-corrected chi connectivity index (χ2v) is 43.9. The third kappa shape index (κ3) is 29.4. The number of aromatic hydroxyl groups is 6. The molecule has 0 aromatic heterocycles. The highest BCUT2D eigenvalue weighted by Gasteiger charge is 2.28. The summed E-state index contributed by atoms with van der Waals surface area (Å²) < 4.78 is 164. The smallest absolute Gasteiger partial charge is 0.312 e. The van der Waals surface area contributed by atoms with Crippen LogP contribution >= 0.6 is 0 Å². The summed E-state index contributed by atoms with van der Waals surface area (Å²) in [4.78, 5) is 31.2. The quantitative estimate of drug-likeness (QED) is 0.0152. The maximum atomic E-state index is 12.5. The fraction of sp³-hybridized carbons (Fsp3) is 0.0962. The lowest BCUT2D eigenvalue weighted by molar-refractivity contribution is -0.385. The number of fused-ring (bicyclic) bond motifs is 1. The number of anilines is 6. The van der Waals surface area contributed by atoms with Crippen LogP contribution in [0.3, 0.4) is 0 Å². The molecule has 0 saturated carbocycles. The van der Waals surface area contributed by atoms with Crippen LogP contribution in [0.15, 0.2) is 399 Å². The van der Waals surface area contributed by atoms with Crippen molar-refractivity contribution in [3.8, 4) is 67.9 Å². The van der Waals surface area contributed by atoms with Crippen LogP contribution in [0.25, 0.3) is 44.2 Å². The molecule has 0 saturated heterocycles. The summed E-state index contributed by atoms with van der Waals surface area (Å²) in [6, 6.07) is 98.5. The van der Waals surface area contributed by atoms with Gasteiger partial charge in [0.05, 0.1) is 73.3 Å². The second kappa shape index (κ2) is 45.5. The number of hydrogen-bond donors (Lipinski definition) is 12. The highest BCUT2D eigenvalue weighted by Crippen LogP contribution is 2.38. The van der Waals surface area contributed by atoms with E-state index in [1.165, 1.54) is 91.0 Å². The zero-order valence-corrected chi connectivity index (χ0v) is 82.4. The molecule has 12 N–H and O–H groups in total. The van der Waals surface area contributed by atoms with Gasteiger partial charge in [0, 0.05) is 17.8 Å². The van der Waals surface area contributed by atoms with Gasteiger partial charge in [0.1, 0.15) is 40.1 Å². The van der Waals surface area contributed by atoms with Gasteiger partial charge in [-0.25, -0.2) is 50.5 Å². The standard InChI is InChI=1S/C19H17NO3S.C18H14N2O5S.C18H15NO3S.C17H21NO3S.C16H12N2O5S.C16H18N2O5S/c1-14-13-17(9-12-19(14)21)20-24(22,23)18-10-7-16(8-11-18)15-5-3-2-4-6-15;21-15-8-11-17(18(12-15)20(22)23)19-26(24,25)16-9-6-14(7-10-16)13-4-2-1-3-5-13;20-17-8-4-7-16(13-17)19-23(21,22)18-11-9-15(10-12-18)14-5-2-1-3-6-14;1-12-11-14(19)7-10-16(12)18-22(20,21)15-8-5-13(6-9-15)17(2,3)4;19-16-8-6-13(10-15(16)18(20)21)17-24(22,23)14-7-5-11-3-1-2-4-12(11)9-14;1-16(2,3)11-4-7-13(8-5-11)24(22,23)17-14-9-6-12(19)10-15(14)18(20)21/h2-13,20-21H,1H3;1-12,19,21H;1-13,19-20H;5-11,18-19H,1-4H3;1-10,17,19H;4-10,17,19H,1-3H3. The minimum atomic E-state index is -4.02. The van der Waals surface area contributed by atoms with Gasteiger partial charge in [-0.3, -0.25) is 58.7 Å². The van der Waals surface area contributed by atoms with E-state index in [2.05, 4.69) is 49.1 Å². The number of nitrogens with one attached hydrogen (secondary N) is 6. The van der Waals surface area contributed by atoms with Crippen molar-refractivity contribution >= 4 is 122 Å². The number of nitro benzene ring substituents is 3. The third-order valence-corrected chi connectivity index (χ3v) is 29.5. The molecule has 0 fully saturated rings. The molecule has 0 radical (unpaired) electrons. The van der Waals surface area contributed by atoms with Gasteiger partial charge in [0.15, 0.2) is 5.75 Å². The van der Waals surface area contributed by atoms with E-state index >= 15 is 0 Å². The second-order valence-electron chi connectivity index (χ2n) is 33.8. The van der Waals surface area contributed by atoms with Crippen molar-refractivity contribution in [1.82, 2.24) is 0 Å². The molecule has 0 aliphatic rings. The number of benzene rings is 16. The van der Waals surface area contributed by atoms with E-state index in [1.54, 1.807) is 141 Å². The molecular formula is C104H97N9O24S6. The monoisotopic (exact) mass is 2050 g/mol. The van der Waals surface area contributed by atoms with Gasteiger partial charge in [-0.05, 0) is 249 Å². The average Bonchev–Trinajstić information content (AvgIpc) is 0.802. The van der Waals surface area contributed by atoms with Gasteiger partial charge in [0.25, 0.3) is 71.5 Å². The van der Waals surface area contributed by atoms with E-state index in [4.69, 9.17) is 0 Å². The third-order valence-electron chi connectivity index (χ3n) is 21.2. The van der Waals surface area contributed by atoms with E-state index in [9.17, 15) is 111 Å². The minimum absolute atomic E-state index is 0.00197. The van der Waals surface area contributed by atoms with E-state index in [0.717, 1.165) is 91.7 Å². The summed E-state index contributed by atoms with van der Waals surface area (Å²) in [7, 11) is -22.9. The van der Waals surface area contributed by atoms with Crippen LogP contribution in [0.1, 0.15) is 63.8 Å². The van der Waals surface area contributed by atoms with Crippen LogP contribution in [-0.4, -0.2) is 95.9 Å². The molecule has 16 rings (SSSR count). The maximum Gasteiger partial charge on any atom is 0.312 e. The number of sulfonamides is 6. The van der Waals surface area contributed by atoms with Crippen molar-refractivity contribution in [2.75, 3.05) is 28.3 Å². The Balaban J connectivity index is 0.000000164. The molecule has 16 aromatic rings. The Morgan fingerprint density at radius 3 is 0.881 bits per heavy atom. The molecule has 0 amide bonds. The molecule has 0 spiro atoms. The Kier molecular flexibility index (Phi) is 33.9. The molecule has 0 aliphatic carbocycles. The normalized spacial score (nSPS) is 11.5. The minimum Gasteiger partial charge on any atom is -0.508 e. The highest BCUT2D eigenvalue weighted by molar-refractivity contribution is 7.94. The van der Waals surface area contributed by atoms with Crippen molar-refractivity contribution in [3.05, 3.63) is 423 Å². The summed E-state index contributed by atoms with van der Waals surface area (Å²) in [5.74, 6) is -0.940. The van der Waals surface area contributed by atoms with Gasteiger partial charge in [0.2, 0.25) is 0 Å². The molecule has 0 unspecified atom stereocenters. The molecule has 0 heterocycles. The van der Waals surface area contributed by atoms with Gasteiger partial charge in [-0.2, -0.15) is 0 Å². The lowest BCUT2D eigenvalue weighted by Gasteiger charge is -2.19. The van der Waals surface area contributed by atoms with Crippen LogP contribution in [0.5, 0.6) is 34.5 Å². The van der Waals surface area contributed by atoms with E-state index in [-0.39, 0.29) is 86.0 Å². The van der Waals surface area contributed by atoms with E-state index in [0.29, 0.717) is 28.2 Å². The van der Waals surface area contributed by atoms with Crippen molar-refractivity contribution < 1.29 is 95.9 Å². The van der Waals surface area contributed by atoms with Crippen LogP contribution in [0, 0.1) is 44.2 Å². The SMILES string of the molecule is CC(C)(C)c1ccc(S(=O)(=O)Nc2ccc(O)cc2[N+](=O)[O-])cc1.Cc1cc(NS(=O)(=O)c2ccc(-c3ccccc3)cc2)ccc1O.Cc1cc(O)ccc1NS(=O)(=O)c1ccc(C(C)(C)C)cc1.O=S(=O)(Nc1cccc(O)c1)c1ccc(-c2ccccc2)cc1.O=[N+]([O-])c1cc(NS(=O)(=O)c2ccc3ccccc3c2)ccc1O.O=[N+]([O-])c1cc(O)ccc1NS(=O)(=O)c1ccc(-c2ccccc2)cc1. The number of aryl methyl sites for hydroxylation is 2. The first kappa shape index (κ1) is 107. The number of phenols is 6. The molecule has 0 atom stereocenters. The Morgan fingerprint density at radius 1 is 0.231 bits per heavy atom. The zero-order chi connectivity index (χ0) is 104. The molecule has 0 aliphatic heterocycles. The van der Waals surface area contributed by atoms with Gasteiger partial charge < -0.3 is 30.6 Å². The number of hydrogen-bond acceptors (Lipinski definition) is 24. The first-order chi connectivity index (χ1) is 67.3. The van der Waals surface area contributed by atoms with Gasteiger partial charge in [-0.15, -0.1) is 0 Å². The number of nitrogens with zero attached hydrogens (tertiary/aromatic N) is 3. The van der Waals surface area contributed by atoms with Crippen molar-refractivity contribution in [2.45, 2.75) is 95.6 Å². The predicted molar refractivity (Wildman–Crippen MR) is 553 cm³/mol. The van der Waals surface area contributed by atoms with Crippen molar-refractivity contribution in [3.63, 3.8) is 0 Å². The first-order valence-corrected chi connectivity index (χ1v) is 51.9. The Labute approximate surface area is 826 Å². The maximum absolute atomic E-state index is 12.5. The van der Waals surface area contributed by atoms with Crippen molar-refractivity contribution in [2.24, 2.45) is 0 Å². The first-order valence-electron chi connectivity index (χ1n) is 43.0. The molecule has 33 nitrogen and oxygen atoms in total. The molecule has 143 heavy (non-hydrogen) atoms. The molecule has 16 aromatic carbocycles. The summed E-state index contributed by atoms with van der Waals surface area (Å²) in [6.45, 7) is 15.7. The van der Waals surface area contributed by atoms with Crippen LogP contribution in [-0.2, 0) is 71.0 Å². The average molecular weight is 2050 g/mol. The summed E-state index contributed by atoms with van der Waals surface area (Å²) in [6.07, 6.45) is 0. The lowest BCUT2D eigenvalue weighted by atomic mass is 9.87. The van der Waals surface area contributed by atoms with Crippen molar-refractivity contribution in [1.29, 1.82) is 0 Å². The Morgan fingerprint density at radius 2 is 0.524 bits per heavy atom. The van der Waals surface area contributed by atoms with Crippen LogP contribution in [0.4, 0.5) is 51.2 Å². The Bertz CT molecular complexity index is 8040. The molecule has 39 heteroatoms.